The van der Waals surface area contributed by atoms with Crippen molar-refractivity contribution in [2.24, 2.45) is 12.8 Å². The number of carbonyl (C=O) groups excluding carboxylic acids is 1. The molecule has 1 amide bonds. The Morgan fingerprint density at radius 2 is 2.00 bits per heavy atom. The van der Waals surface area contributed by atoms with E-state index in [9.17, 15) is 13.2 Å². The topological polar surface area (TPSA) is 128 Å². The normalized spacial score (nSPS) is 11.3. The molecule has 9 nitrogen and oxygen atoms in total. The van der Waals surface area contributed by atoms with Gasteiger partial charge in [-0.2, -0.15) is 0 Å². The van der Waals surface area contributed by atoms with Crippen LogP contribution in [0.25, 0.3) is 0 Å². The highest BCUT2D eigenvalue weighted by Gasteiger charge is 2.18. The molecule has 2 aromatic rings. The molecule has 1 aromatic heterocycles. The third-order valence-electron chi connectivity index (χ3n) is 3.53. The molecule has 2 rings (SSSR count). The molecule has 0 aliphatic heterocycles. The van der Waals surface area contributed by atoms with E-state index in [-0.39, 0.29) is 23.9 Å². The summed E-state index contributed by atoms with van der Waals surface area (Å²) in [7, 11) is -2.02. The van der Waals surface area contributed by atoms with Crippen LogP contribution in [0.1, 0.15) is 12.2 Å². The fourth-order valence-corrected chi connectivity index (χ4v) is 3.13. The summed E-state index contributed by atoms with van der Waals surface area (Å²) in [6, 6.07) is 6.84. The first-order valence-electron chi connectivity index (χ1n) is 8.04. The van der Waals surface area contributed by atoms with Gasteiger partial charge < -0.3 is 20.4 Å². The summed E-state index contributed by atoms with van der Waals surface area (Å²) in [4.78, 5) is 15.9. The highest BCUT2D eigenvalue weighted by Crippen LogP contribution is 2.15. The molecule has 0 saturated carbocycles. The molecular weight excluding hydrogens is 358 g/mol. The van der Waals surface area contributed by atoms with Crippen molar-refractivity contribution in [3.63, 3.8) is 0 Å². The van der Waals surface area contributed by atoms with Crippen LogP contribution >= 0.6 is 0 Å². The Kier molecular flexibility index (Phi) is 6.72. The second kappa shape index (κ2) is 8.79. The number of sulfonamides is 1. The number of nitrogens with one attached hydrogen (secondary N) is 2. The molecule has 0 bridgehead atoms. The third-order valence-corrected chi connectivity index (χ3v) is 4.86. The van der Waals surface area contributed by atoms with E-state index in [1.165, 1.54) is 6.20 Å². The number of nitrogens with zero attached hydrogens (tertiary/aromatic N) is 2. The van der Waals surface area contributed by atoms with E-state index in [1.807, 2.05) is 0 Å². The Bertz CT molecular complexity index is 827. The molecule has 142 valence electrons. The average Bonchev–Trinajstić information content (AvgIpc) is 2.94. The van der Waals surface area contributed by atoms with Crippen LogP contribution in [0.2, 0.25) is 0 Å². The van der Waals surface area contributed by atoms with Gasteiger partial charge in [-0.15, -0.1) is 0 Å². The quantitative estimate of drug-likeness (QED) is 0.576. The van der Waals surface area contributed by atoms with Crippen molar-refractivity contribution in [2.75, 3.05) is 25.0 Å². The predicted molar refractivity (Wildman–Crippen MR) is 97.4 cm³/mol. The molecule has 0 aliphatic rings. The zero-order chi connectivity index (χ0) is 19.2. The number of hydrogen-bond donors (Lipinski definition) is 3. The van der Waals surface area contributed by atoms with Crippen LogP contribution in [-0.2, 0) is 21.9 Å². The lowest BCUT2D eigenvalue weighted by atomic mass is 10.3. The van der Waals surface area contributed by atoms with Gasteiger partial charge in [0.2, 0.25) is 5.91 Å². The largest absolute Gasteiger partial charge is 0.492 e. The molecule has 26 heavy (non-hydrogen) atoms. The maximum absolute atomic E-state index is 12.1. The maximum Gasteiger partial charge on any atom is 0.259 e. The van der Waals surface area contributed by atoms with Gasteiger partial charge in [0.1, 0.15) is 18.2 Å². The zero-order valence-corrected chi connectivity index (χ0v) is 15.5. The van der Waals surface area contributed by atoms with E-state index in [4.69, 9.17) is 10.5 Å². The summed E-state index contributed by atoms with van der Waals surface area (Å²) < 4.78 is 33.6. The van der Waals surface area contributed by atoms with Crippen molar-refractivity contribution >= 4 is 21.6 Å². The number of aryl methyl sites for hydroxylation is 2. The standard InChI is InChI=1S/C16H23N5O4S/c1-12-19-16(11-21(12)2)26(23,24)18-9-7-15(22)20-13-3-5-14(6-4-13)25-10-8-17/h3-6,11,18H,7-10,17H2,1-2H3,(H,20,22). The first kappa shape index (κ1) is 19.9. The van der Waals surface area contributed by atoms with E-state index in [0.29, 0.717) is 30.4 Å². The molecule has 0 unspecified atom stereocenters. The van der Waals surface area contributed by atoms with Crippen LogP contribution in [0.4, 0.5) is 5.69 Å². The van der Waals surface area contributed by atoms with E-state index < -0.39 is 10.0 Å². The minimum Gasteiger partial charge on any atom is -0.492 e. The summed E-state index contributed by atoms with van der Waals surface area (Å²) >= 11 is 0. The van der Waals surface area contributed by atoms with E-state index in [1.54, 1.807) is 42.8 Å². The van der Waals surface area contributed by atoms with Crippen molar-refractivity contribution in [3.8, 4) is 5.75 Å². The SMILES string of the molecule is Cc1nc(S(=O)(=O)NCCC(=O)Nc2ccc(OCCN)cc2)cn1C. The Balaban J connectivity index is 1.81. The van der Waals surface area contributed by atoms with Gasteiger partial charge in [-0.05, 0) is 31.2 Å². The second-order valence-corrected chi connectivity index (χ2v) is 7.31. The van der Waals surface area contributed by atoms with Crippen molar-refractivity contribution < 1.29 is 17.9 Å². The highest BCUT2D eigenvalue weighted by molar-refractivity contribution is 7.89. The smallest absolute Gasteiger partial charge is 0.259 e. The van der Waals surface area contributed by atoms with Gasteiger partial charge in [0.25, 0.3) is 10.0 Å². The number of nitrogens with two attached hydrogens (primary N) is 1. The first-order valence-corrected chi connectivity index (χ1v) is 9.52. The number of imidazole rings is 1. The second-order valence-electron chi connectivity index (χ2n) is 5.59. The molecule has 1 heterocycles. The number of rotatable bonds is 9. The number of benzene rings is 1. The van der Waals surface area contributed by atoms with Crippen molar-refractivity contribution in [1.29, 1.82) is 0 Å². The molecule has 0 radical (unpaired) electrons. The fourth-order valence-electron chi connectivity index (χ4n) is 2.06. The van der Waals surface area contributed by atoms with E-state index in [2.05, 4.69) is 15.0 Å². The molecule has 10 heteroatoms. The molecule has 0 saturated heterocycles. The Morgan fingerprint density at radius 1 is 1.31 bits per heavy atom. The van der Waals surface area contributed by atoms with Gasteiger partial charge >= 0.3 is 0 Å². The number of carbonyl (C=O) groups is 1. The Hall–Kier alpha value is -2.43. The number of hydrogen-bond acceptors (Lipinski definition) is 6. The molecule has 0 atom stereocenters. The van der Waals surface area contributed by atoms with Gasteiger partial charge in [0.15, 0.2) is 5.03 Å². The average molecular weight is 381 g/mol. The monoisotopic (exact) mass is 381 g/mol. The lowest BCUT2D eigenvalue weighted by Gasteiger charge is -2.08. The Morgan fingerprint density at radius 3 is 2.58 bits per heavy atom. The van der Waals surface area contributed by atoms with Crippen LogP contribution in [0.3, 0.4) is 0 Å². The summed E-state index contributed by atoms with van der Waals surface area (Å²) in [5.74, 6) is 0.939. The van der Waals surface area contributed by atoms with Gasteiger partial charge in [-0.25, -0.2) is 18.1 Å². The lowest BCUT2D eigenvalue weighted by molar-refractivity contribution is -0.116. The number of ether oxygens (including phenoxy) is 1. The van der Waals surface area contributed by atoms with Crippen LogP contribution in [0.15, 0.2) is 35.5 Å². The van der Waals surface area contributed by atoms with Crippen molar-refractivity contribution in [2.45, 2.75) is 18.4 Å². The number of aromatic nitrogens is 2. The molecule has 1 aromatic carbocycles. The molecule has 4 N–H and O–H groups in total. The van der Waals surface area contributed by atoms with Crippen LogP contribution in [0, 0.1) is 6.92 Å². The highest BCUT2D eigenvalue weighted by atomic mass is 32.2. The number of anilines is 1. The molecule has 0 fully saturated rings. The first-order chi connectivity index (χ1) is 12.3. The third kappa shape index (κ3) is 5.55. The predicted octanol–water partition coefficient (Wildman–Crippen LogP) is 0.373. The minimum absolute atomic E-state index is 0.00350. The summed E-state index contributed by atoms with van der Waals surface area (Å²) in [5.41, 5.74) is 5.95. The lowest BCUT2D eigenvalue weighted by Crippen LogP contribution is -2.28. The summed E-state index contributed by atoms with van der Waals surface area (Å²) in [5, 5.41) is 2.63. The summed E-state index contributed by atoms with van der Waals surface area (Å²) in [6.45, 7) is 2.52. The van der Waals surface area contributed by atoms with Gasteiger partial charge in [-0.3, -0.25) is 4.79 Å². The van der Waals surface area contributed by atoms with Crippen molar-refractivity contribution in [3.05, 3.63) is 36.3 Å². The van der Waals surface area contributed by atoms with Crippen LogP contribution < -0.4 is 20.5 Å². The molecule has 0 spiro atoms. The van der Waals surface area contributed by atoms with Crippen molar-refractivity contribution in [1.82, 2.24) is 14.3 Å². The van der Waals surface area contributed by atoms with Gasteiger partial charge in [-0.1, -0.05) is 0 Å². The minimum atomic E-state index is -3.73. The van der Waals surface area contributed by atoms with Crippen LogP contribution in [0.5, 0.6) is 5.75 Å². The summed E-state index contributed by atoms with van der Waals surface area (Å²) in [6.07, 6.45) is 1.42. The maximum atomic E-state index is 12.1. The molecule has 0 aliphatic carbocycles. The molecular formula is C16H23N5O4S. The Labute approximate surface area is 152 Å². The van der Waals surface area contributed by atoms with Crippen LogP contribution in [-0.4, -0.2) is 43.6 Å². The zero-order valence-electron chi connectivity index (χ0n) is 14.7. The van der Waals surface area contributed by atoms with E-state index >= 15 is 0 Å². The van der Waals surface area contributed by atoms with E-state index in [0.717, 1.165) is 0 Å². The fraction of sp³-hybridized carbons (Fsp3) is 0.375. The van der Waals surface area contributed by atoms with Gasteiger partial charge in [0.05, 0.1) is 0 Å². The van der Waals surface area contributed by atoms with Gasteiger partial charge in [0, 0.05) is 38.4 Å². The number of amides is 1.